The van der Waals surface area contributed by atoms with Gasteiger partial charge < -0.3 is 0 Å². The van der Waals surface area contributed by atoms with Crippen LogP contribution in [0.3, 0.4) is 0 Å². The molecule has 1 nitrogen and oxygen atoms in total. The largest absolute Gasteiger partial charge is 0.260 e. The summed E-state index contributed by atoms with van der Waals surface area (Å²) in [6.07, 6.45) is 2.03. The lowest BCUT2D eigenvalue weighted by Crippen LogP contribution is -2.14. The van der Waals surface area contributed by atoms with Gasteiger partial charge in [-0.3, -0.25) is 4.98 Å². The van der Waals surface area contributed by atoms with E-state index in [4.69, 9.17) is 0 Å². The van der Waals surface area contributed by atoms with Crippen molar-refractivity contribution < 1.29 is 0 Å². The number of hydrogen-bond acceptors (Lipinski definition) is 1. The van der Waals surface area contributed by atoms with Crippen molar-refractivity contribution in [3.05, 3.63) is 29.1 Å². The van der Waals surface area contributed by atoms with Crippen molar-refractivity contribution in [3.63, 3.8) is 0 Å². The minimum absolute atomic E-state index is 0.153. The molecule has 0 saturated carbocycles. The predicted octanol–water partition coefficient (Wildman–Crippen LogP) is 3.81. The molecule has 1 aromatic rings. The Hall–Kier alpha value is -0.850. The molecule has 78 valence electrons. The third-order valence-electron chi connectivity index (χ3n) is 2.54. The highest BCUT2D eigenvalue weighted by Crippen LogP contribution is 2.24. The Labute approximate surface area is 87.6 Å². The first kappa shape index (κ1) is 11.2. The molecule has 1 heteroatoms. The van der Waals surface area contributed by atoms with E-state index in [1.165, 1.54) is 16.8 Å². The molecule has 0 amide bonds. The van der Waals surface area contributed by atoms with E-state index in [-0.39, 0.29) is 5.41 Å². The van der Waals surface area contributed by atoms with Gasteiger partial charge in [-0.1, -0.05) is 34.6 Å². The zero-order valence-corrected chi connectivity index (χ0v) is 10.2. The van der Waals surface area contributed by atoms with Crippen LogP contribution in [0, 0.1) is 6.92 Å². The van der Waals surface area contributed by atoms with Crippen LogP contribution >= 0.6 is 0 Å². The Balaban J connectivity index is 3.13. The van der Waals surface area contributed by atoms with Crippen molar-refractivity contribution in [1.29, 1.82) is 0 Å². The molecule has 0 N–H and O–H groups in total. The van der Waals surface area contributed by atoms with E-state index in [0.717, 1.165) is 0 Å². The van der Waals surface area contributed by atoms with E-state index in [9.17, 15) is 0 Å². The summed E-state index contributed by atoms with van der Waals surface area (Å²) in [5.74, 6) is 0.566. The zero-order valence-electron chi connectivity index (χ0n) is 10.2. The molecular formula is C13H21N. The lowest BCUT2D eigenvalue weighted by atomic mass is 9.89. The fourth-order valence-corrected chi connectivity index (χ4v) is 1.58. The van der Waals surface area contributed by atoms with E-state index in [1.807, 2.05) is 6.20 Å². The highest BCUT2D eigenvalue weighted by molar-refractivity contribution is 5.30. The SMILES string of the molecule is Cc1cc(C(C)(C)C)ncc1C(C)C. The summed E-state index contributed by atoms with van der Waals surface area (Å²) in [4.78, 5) is 4.53. The first-order chi connectivity index (χ1) is 6.32. The van der Waals surface area contributed by atoms with Gasteiger partial charge in [0.2, 0.25) is 0 Å². The Kier molecular flexibility index (Phi) is 2.98. The van der Waals surface area contributed by atoms with Crippen molar-refractivity contribution in [2.45, 2.75) is 52.9 Å². The van der Waals surface area contributed by atoms with Crippen LogP contribution in [0.5, 0.6) is 0 Å². The summed E-state index contributed by atoms with van der Waals surface area (Å²) in [5, 5.41) is 0. The van der Waals surface area contributed by atoms with Crippen LogP contribution in [-0.4, -0.2) is 4.98 Å². The van der Waals surface area contributed by atoms with Gasteiger partial charge in [-0.2, -0.15) is 0 Å². The predicted molar refractivity (Wildman–Crippen MR) is 61.8 cm³/mol. The van der Waals surface area contributed by atoms with Gasteiger partial charge >= 0.3 is 0 Å². The van der Waals surface area contributed by atoms with Crippen LogP contribution in [0.2, 0.25) is 0 Å². The summed E-state index contributed by atoms with van der Waals surface area (Å²) in [6, 6.07) is 2.22. The van der Waals surface area contributed by atoms with Crippen LogP contribution in [0.1, 0.15) is 57.4 Å². The molecule has 1 aromatic heterocycles. The fraction of sp³-hybridized carbons (Fsp3) is 0.615. The molecule has 0 radical (unpaired) electrons. The lowest BCUT2D eigenvalue weighted by molar-refractivity contribution is 0.567. The summed E-state index contributed by atoms with van der Waals surface area (Å²) in [6.45, 7) is 13.2. The van der Waals surface area contributed by atoms with Gasteiger partial charge in [0.25, 0.3) is 0 Å². The van der Waals surface area contributed by atoms with Gasteiger partial charge in [-0.05, 0) is 30.0 Å². The number of hydrogen-bond donors (Lipinski definition) is 0. The monoisotopic (exact) mass is 191 g/mol. The fourth-order valence-electron chi connectivity index (χ4n) is 1.58. The lowest BCUT2D eigenvalue weighted by Gasteiger charge is -2.20. The maximum atomic E-state index is 4.53. The maximum absolute atomic E-state index is 4.53. The van der Waals surface area contributed by atoms with Crippen LogP contribution < -0.4 is 0 Å². The van der Waals surface area contributed by atoms with Gasteiger partial charge in [0.15, 0.2) is 0 Å². The molecule has 0 aliphatic carbocycles. The second-order valence-electron chi connectivity index (χ2n) is 5.33. The first-order valence-electron chi connectivity index (χ1n) is 5.29. The summed E-state index contributed by atoms with van der Waals surface area (Å²) >= 11 is 0. The van der Waals surface area contributed by atoms with E-state index < -0.39 is 0 Å². The summed E-state index contributed by atoms with van der Waals surface area (Å²) in [5.41, 5.74) is 4.05. The maximum Gasteiger partial charge on any atom is 0.0459 e. The average Bonchev–Trinajstić information content (AvgIpc) is 2.01. The third-order valence-corrected chi connectivity index (χ3v) is 2.54. The number of aromatic nitrogens is 1. The molecule has 0 bridgehead atoms. The molecule has 0 saturated heterocycles. The Bertz CT molecular complexity index is 318. The van der Waals surface area contributed by atoms with Crippen LogP contribution in [-0.2, 0) is 5.41 Å². The van der Waals surface area contributed by atoms with Crippen LogP contribution in [0.15, 0.2) is 12.3 Å². The molecule has 0 unspecified atom stereocenters. The molecule has 14 heavy (non-hydrogen) atoms. The first-order valence-corrected chi connectivity index (χ1v) is 5.29. The van der Waals surface area contributed by atoms with Crippen molar-refractivity contribution in [3.8, 4) is 0 Å². The smallest absolute Gasteiger partial charge is 0.0459 e. The molecular weight excluding hydrogens is 170 g/mol. The van der Waals surface area contributed by atoms with Crippen LogP contribution in [0.25, 0.3) is 0 Å². The Morgan fingerprint density at radius 2 is 1.79 bits per heavy atom. The van der Waals surface area contributed by atoms with Crippen molar-refractivity contribution >= 4 is 0 Å². The highest BCUT2D eigenvalue weighted by atomic mass is 14.7. The van der Waals surface area contributed by atoms with E-state index in [2.05, 4.69) is 52.6 Å². The molecule has 0 aliphatic rings. The molecule has 0 fully saturated rings. The van der Waals surface area contributed by atoms with Crippen LogP contribution in [0.4, 0.5) is 0 Å². The normalized spacial score (nSPS) is 12.2. The topological polar surface area (TPSA) is 12.9 Å². The minimum atomic E-state index is 0.153. The van der Waals surface area contributed by atoms with Crippen molar-refractivity contribution in [2.75, 3.05) is 0 Å². The van der Waals surface area contributed by atoms with Crippen molar-refractivity contribution in [2.24, 2.45) is 0 Å². The molecule has 0 spiro atoms. The van der Waals surface area contributed by atoms with Gasteiger partial charge in [-0.15, -0.1) is 0 Å². The van der Waals surface area contributed by atoms with Gasteiger partial charge in [0, 0.05) is 17.3 Å². The highest BCUT2D eigenvalue weighted by Gasteiger charge is 2.16. The Morgan fingerprint density at radius 1 is 1.21 bits per heavy atom. The Morgan fingerprint density at radius 3 is 2.14 bits per heavy atom. The van der Waals surface area contributed by atoms with Gasteiger partial charge in [-0.25, -0.2) is 0 Å². The van der Waals surface area contributed by atoms with Gasteiger partial charge in [0.1, 0.15) is 0 Å². The van der Waals surface area contributed by atoms with E-state index in [0.29, 0.717) is 5.92 Å². The molecule has 1 rings (SSSR count). The second-order valence-corrected chi connectivity index (χ2v) is 5.33. The quantitative estimate of drug-likeness (QED) is 0.657. The standard InChI is InChI=1S/C13H21N/c1-9(2)11-8-14-12(7-10(11)3)13(4,5)6/h7-9H,1-6H3. The zero-order chi connectivity index (χ0) is 10.9. The average molecular weight is 191 g/mol. The summed E-state index contributed by atoms with van der Waals surface area (Å²) in [7, 11) is 0. The molecule has 0 atom stereocenters. The number of rotatable bonds is 1. The number of aryl methyl sites for hydroxylation is 1. The minimum Gasteiger partial charge on any atom is -0.260 e. The second kappa shape index (κ2) is 3.72. The number of pyridine rings is 1. The van der Waals surface area contributed by atoms with Crippen molar-refractivity contribution in [1.82, 2.24) is 4.98 Å². The number of nitrogens with zero attached hydrogens (tertiary/aromatic N) is 1. The van der Waals surface area contributed by atoms with E-state index in [1.54, 1.807) is 0 Å². The third kappa shape index (κ3) is 2.34. The van der Waals surface area contributed by atoms with Gasteiger partial charge in [0.05, 0.1) is 0 Å². The molecule has 1 heterocycles. The summed E-state index contributed by atoms with van der Waals surface area (Å²) < 4.78 is 0. The van der Waals surface area contributed by atoms with E-state index >= 15 is 0 Å². The molecule has 0 aromatic carbocycles. The molecule has 0 aliphatic heterocycles.